The first-order chi connectivity index (χ1) is 9.74. The lowest BCUT2D eigenvalue weighted by Gasteiger charge is -2.05. The first-order valence-corrected chi connectivity index (χ1v) is 7.42. The molecule has 0 bridgehead atoms. The van der Waals surface area contributed by atoms with Crippen molar-refractivity contribution in [3.63, 3.8) is 0 Å². The SMILES string of the molecule is I.NC(=NCCc1cccs1)NCCc1cccc(F)c1. The summed E-state index contributed by atoms with van der Waals surface area (Å²) >= 11 is 1.73. The van der Waals surface area contributed by atoms with E-state index < -0.39 is 0 Å². The highest BCUT2D eigenvalue weighted by atomic mass is 127. The van der Waals surface area contributed by atoms with Gasteiger partial charge in [0.05, 0.1) is 0 Å². The van der Waals surface area contributed by atoms with Crippen LogP contribution in [-0.4, -0.2) is 19.0 Å². The molecule has 0 aliphatic heterocycles. The second kappa shape index (κ2) is 9.73. The number of nitrogens with zero attached hydrogens (tertiary/aromatic N) is 1. The quantitative estimate of drug-likeness (QED) is 0.429. The van der Waals surface area contributed by atoms with Gasteiger partial charge in [0.15, 0.2) is 5.96 Å². The van der Waals surface area contributed by atoms with Crippen LogP contribution in [0.5, 0.6) is 0 Å². The number of halogens is 2. The fourth-order valence-corrected chi connectivity index (χ4v) is 2.52. The van der Waals surface area contributed by atoms with Gasteiger partial charge in [-0.3, -0.25) is 4.99 Å². The van der Waals surface area contributed by atoms with Gasteiger partial charge in [-0.05, 0) is 35.6 Å². The van der Waals surface area contributed by atoms with Crippen LogP contribution in [0.1, 0.15) is 10.4 Å². The van der Waals surface area contributed by atoms with E-state index in [0.29, 0.717) is 19.0 Å². The van der Waals surface area contributed by atoms with Crippen LogP contribution in [0.4, 0.5) is 4.39 Å². The molecular formula is C15H19FIN3S. The number of hydrogen-bond acceptors (Lipinski definition) is 2. The van der Waals surface area contributed by atoms with Gasteiger partial charge in [0.25, 0.3) is 0 Å². The molecule has 2 aromatic rings. The van der Waals surface area contributed by atoms with Gasteiger partial charge in [0.1, 0.15) is 5.82 Å². The first kappa shape index (κ1) is 17.9. The molecule has 114 valence electrons. The Hall–Kier alpha value is -1.15. The second-order valence-corrected chi connectivity index (χ2v) is 5.44. The predicted molar refractivity (Wildman–Crippen MR) is 98.0 cm³/mol. The molecule has 0 aliphatic rings. The van der Waals surface area contributed by atoms with E-state index in [1.165, 1.54) is 17.0 Å². The Bertz CT molecular complexity index is 558. The van der Waals surface area contributed by atoms with E-state index in [1.54, 1.807) is 17.4 Å². The summed E-state index contributed by atoms with van der Waals surface area (Å²) in [6.07, 6.45) is 1.63. The minimum absolute atomic E-state index is 0. The molecule has 1 heterocycles. The average molecular weight is 419 g/mol. The maximum atomic E-state index is 13.0. The molecule has 0 saturated carbocycles. The van der Waals surface area contributed by atoms with Crippen molar-refractivity contribution in [2.24, 2.45) is 10.7 Å². The summed E-state index contributed by atoms with van der Waals surface area (Å²) in [4.78, 5) is 5.57. The topological polar surface area (TPSA) is 50.4 Å². The monoisotopic (exact) mass is 419 g/mol. The molecule has 0 fully saturated rings. The third kappa shape index (κ3) is 6.90. The highest BCUT2D eigenvalue weighted by Gasteiger charge is 1.97. The van der Waals surface area contributed by atoms with Crippen LogP contribution in [-0.2, 0) is 12.8 Å². The highest BCUT2D eigenvalue weighted by molar-refractivity contribution is 14.0. The van der Waals surface area contributed by atoms with Crippen LogP contribution in [0.15, 0.2) is 46.8 Å². The van der Waals surface area contributed by atoms with Crippen molar-refractivity contribution in [1.29, 1.82) is 0 Å². The van der Waals surface area contributed by atoms with Gasteiger partial charge < -0.3 is 11.1 Å². The number of thiophene rings is 1. The van der Waals surface area contributed by atoms with Gasteiger partial charge >= 0.3 is 0 Å². The number of nitrogens with two attached hydrogens (primary N) is 1. The van der Waals surface area contributed by atoms with Crippen molar-refractivity contribution in [3.8, 4) is 0 Å². The van der Waals surface area contributed by atoms with Crippen molar-refractivity contribution in [2.45, 2.75) is 12.8 Å². The smallest absolute Gasteiger partial charge is 0.188 e. The summed E-state index contributed by atoms with van der Waals surface area (Å²) in [5, 5.41) is 5.09. The Morgan fingerprint density at radius 3 is 2.81 bits per heavy atom. The minimum Gasteiger partial charge on any atom is -0.370 e. The lowest BCUT2D eigenvalue weighted by Crippen LogP contribution is -2.33. The summed E-state index contributed by atoms with van der Waals surface area (Å²) in [6, 6.07) is 10.7. The van der Waals surface area contributed by atoms with Crippen molar-refractivity contribution in [2.75, 3.05) is 13.1 Å². The van der Waals surface area contributed by atoms with Crippen LogP contribution < -0.4 is 11.1 Å². The fourth-order valence-electron chi connectivity index (χ4n) is 1.82. The van der Waals surface area contributed by atoms with E-state index in [1.807, 2.05) is 12.1 Å². The molecule has 3 nitrogen and oxygen atoms in total. The molecule has 0 aliphatic carbocycles. The van der Waals surface area contributed by atoms with Crippen LogP contribution in [0.2, 0.25) is 0 Å². The minimum atomic E-state index is -0.208. The van der Waals surface area contributed by atoms with Crippen LogP contribution in [0.25, 0.3) is 0 Å². The second-order valence-electron chi connectivity index (χ2n) is 4.40. The summed E-state index contributed by atoms with van der Waals surface area (Å²) in [5.41, 5.74) is 6.72. The Balaban J connectivity index is 0.00000220. The van der Waals surface area contributed by atoms with Crippen molar-refractivity contribution in [3.05, 3.63) is 58.0 Å². The molecule has 0 amide bonds. The van der Waals surface area contributed by atoms with Crippen LogP contribution in [0.3, 0.4) is 0 Å². The molecule has 0 radical (unpaired) electrons. The largest absolute Gasteiger partial charge is 0.370 e. The van der Waals surface area contributed by atoms with E-state index in [4.69, 9.17) is 5.73 Å². The van der Waals surface area contributed by atoms with E-state index in [0.717, 1.165) is 18.4 Å². The highest BCUT2D eigenvalue weighted by Crippen LogP contribution is 2.08. The third-order valence-corrected chi connectivity index (χ3v) is 3.77. The van der Waals surface area contributed by atoms with E-state index in [2.05, 4.69) is 21.8 Å². The molecule has 0 atom stereocenters. The predicted octanol–water partition coefficient (Wildman–Crippen LogP) is 3.19. The molecule has 1 aromatic carbocycles. The third-order valence-electron chi connectivity index (χ3n) is 2.83. The molecule has 21 heavy (non-hydrogen) atoms. The zero-order valence-electron chi connectivity index (χ0n) is 11.6. The number of nitrogens with one attached hydrogen (secondary N) is 1. The molecule has 0 saturated heterocycles. The molecule has 1 aromatic heterocycles. The summed E-state index contributed by atoms with van der Waals surface area (Å²) in [7, 11) is 0. The van der Waals surface area contributed by atoms with Gasteiger partial charge in [0.2, 0.25) is 0 Å². The summed E-state index contributed by atoms with van der Waals surface area (Å²) < 4.78 is 13.0. The lowest BCUT2D eigenvalue weighted by atomic mass is 10.1. The zero-order valence-corrected chi connectivity index (χ0v) is 14.7. The normalized spacial score (nSPS) is 11.0. The van der Waals surface area contributed by atoms with Crippen molar-refractivity contribution in [1.82, 2.24) is 5.32 Å². The zero-order chi connectivity index (χ0) is 14.2. The van der Waals surface area contributed by atoms with Crippen LogP contribution >= 0.6 is 35.3 Å². The summed E-state index contributed by atoms with van der Waals surface area (Å²) in [5.74, 6) is 0.234. The standard InChI is InChI=1S/C15H18FN3S.HI/c16-13-4-1-3-12(11-13)6-8-18-15(17)19-9-7-14-5-2-10-20-14;/h1-5,10-11H,6-9H2,(H3,17,18,19);1H. The Kier molecular flexibility index (Phi) is 8.29. The Morgan fingerprint density at radius 2 is 2.10 bits per heavy atom. The fraction of sp³-hybridized carbons (Fsp3) is 0.267. The number of hydrogen-bond donors (Lipinski definition) is 2. The molecular weight excluding hydrogens is 400 g/mol. The lowest BCUT2D eigenvalue weighted by molar-refractivity contribution is 0.625. The molecule has 3 N–H and O–H groups in total. The Morgan fingerprint density at radius 1 is 1.24 bits per heavy atom. The van der Waals surface area contributed by atoms with E-state index >= 15 is 0 Å². The molecule has 6 heteroatoms. The summed E-state index contributed by atoms with van der Waals surface area (Å²) in [6.45, 7) is 1.33. The van der Waals surface area contributed by atoms with Crippen molar-refractivity contribution < 1.29 is 4.39 Å². The number of aliphatic imine (C=N–C) groups is 1. The maximum absolute atomic E-state index is 13.0. The Labute approximate surface area is 145 Å². The van der Waals surface area contributed by atoms with Gasteiger partial charge in [-0.1, -0.05) is 18.2 Å². The first-order valence-electron chi connectivity index (χ1n) is 6.54. The van der Waals surface area contributed by atoms with E-state index in [9.17, 15) is 4.39 Å². The van der Waals surface area contributed by atoms with Gasteiger partial charge in [-0.2, -0.15) is 0 Å². The molecule has 2 rings (SSSR count). The maximum Gasteiger partial charge on any atom is 0.188 e. The molecule has 0 unspecified atom stereocenters. The van der Waals surface area contributed by atoms with Gasteiger partial charge in [0, 0.05) is 24.4 Å². The molecule has 0 spiro atoms. The number of benzene rings is 1. The number of guanidine groups is 1. The van der Waals surface area contributed by atoms with Crippen molar-refractivity contribution >= 4 is 41.3 Å². The van der Waals surface area contributed by atoms with Crippen LogP contribution in [0, 0.1) is 5.82 Å². The average Bonchev–Trinajstić information content (AvgIpc) is 2.92. The van der Waals surface area contributed by atoms with Gasteiger partial charge in [-0.15, -0.1) is 35.3 Å². The van der Waals surface area contributed by atoms with Gasteiger partial charge in [-0.25, -0.2) is 4.39 Å². The number of rotatable bonds is 6. The van der Waals surface area contributed by atoms with E-state index in [-0.39, 0.29) is 29.8 Å².